The van der Waals surface area contributed by atoms with Crippen LogP contribution in [-0.4, -0.2) is 43.4 Å². The Morgan fingerprint density at radius 2 is 1.89 bits per heavy atom. The van der Waals surface area contributed by atoms with E-state index in [9.17, 15) is 9.59 Å². The van der Waals surface area contributed by atoms with Gasteiger partial charge in [-0.1, -0.05) is 41.6 Å². The van der Waals surface area contributed by atoms with Crippen molar-refractivity contribution in [2.45, 2.75) is 37.9 Å². The van der Waals surface area contributed by atoms with Gasteiger partial charge in [-0.2, -0.15) is 0 Å². The summed E-state index contributed by atoms with van der Waals surface area (Å²) in [6.07, 6.45) is 5.46. The number of benzene rings is 2. The van der Waals surface area contributed by atoms with Crippen molar-refractivity contribution in [1.29, 1.82) is 0 Å². The molecule has 8 nitrogen and oxygen atoms in total. The van der Waals surface area contributed by atoms with Crippen LogP contribution in [-0.2, 0) is 4.79 Å². The summed E-state index contributed by atoms with van der Waals surface area (Å²) < 4.78 is 1.96. The molecule has 0 saturated heterocycles. The number of hydrogen-bond donors (Lipinski definition) is 2. The molecule has 2 N–H and O–H groups in total. The van der Waals surface area contributed by atoms with Crippen LogP contribution in [0.3, 0.4) is 0 Å². The molecule has 1 saturated carbocycles. The van der Waals surface area contributed by atoms with Crippen LogP contribution in [0.4, 0.5) is 5.69 Å². The Balaban J connectivity index is 1.37. The molecular formula is C27H26N6O2S. The SMILES string of the molecule is Cc1ccc(-n2c(SCC(=O)Nc3ccccc3C(=O)NC3CC3)nnc2-c2cccnc2)c(C)c1. The molecule has 2 heterocycles. The van der Waals surface area contributed by atoms with Gasteiger partial charge in [0.1, 0.15) is 0 Å². The fourth-order valence-electron chi connectivity index (χ4n) is 3.92. The second-order valence-electron chi connectivity index (χ2n) is 8.80. The number of hydrogen-bond acceptors (Lipinski definition) is 6. The van der Waals surface area contributed by atoms with Gasteiger partial charge in [0.15, 0.2) is 11.0 Å². The van der Waals surface area contributed by atoms with Crippen LogP contribution >= 0.6 is 11.8 Å². The number of thioether (sulfide) groups is 1. The normalized spacial score (nSPS) is 12.8. The van der Waals surface area contributed by atoms with E-state index >= 15 is 0 Å². The molecule has 182 valence electrons. The third-order valence-electron chi connectivity index (χ3n) is 5.84. The van der Waals surface area contributed by atoms with Gasteiger partial charge in [0, 0.05) is 24.0 Å². The van der Waals surface area contributed by atoms with Crippen LogP contribution in [0.1, 0.15) is 34.3 Å². The van der Waals surface area contributed by atoms with Crippen LogP contribution in [0, 0.1) is 13.8 Å². The summed E-state index contributed by atoms with van der Waals surface area (Å²) >= 11 is 1.29. The fourth-order valence-corrected chi connectivity index (χ4v) is 4.66. The highest BCUT2D eigenvalue weighted by Crippen LogP contribution is 2.30. The van der Waals surface area contributed by atoms with E-state index in [1.165, 1.54) is 11.8 Å². The third kappa shape index (κ3) is 5.31. The Kier molecular flexibility index (Phi) is 6.81. The van der Waals surface area contributed by atoms with Crippen LogP contribution < -0.4 is 10.6 Å². The lowest BCUT2D eigenvalue weighted by Crippen LogP contribution is -2.27. The second-order valence-corrected chi connectivity index (χ2v) is 9.75. The Bertz CT molecular complexity index is 1420. The van der Waals surface area contributed by atoms with Gasteiger partial charge in [-0.05, 0) is 62.6 Å². The van der Waals surface area contributed by atoms with Gasteiger partial charge in [-0.25, -0.2) is 0 Å². The molecule has 0 unspecified atom stereocenters. The Hall–Kier alpha value is -3.98. The number of pyridine rings is 1. The Morgan fingerprint density at radius 3 is 2.64 bits per heavy atom. The molecule has 1 aliphatic rings. The van der Waals surface area contributed by atoms with Crippen molar-refractivity contribution in [3.63, 3.8) is 0 Å². The maximum atomic E-state index is 12.9. The summed E-state index contributed by atoms with van der Waals surface area (Å²) in [6.45, 7) is 4.09. The maximum Gasteiger partial charge on any atom is 0.253 e. The summed E-state index contributed by atoms with van der Waals surface area (Å²) in [7, 11) is 0. The van der Waals surface area contributed by atoms with Gasteiger partial charge in [0.25, 0.3) is 5.91 Å². The van der Waals surface area contributed by atoms with E-state index in [1.54, 1.807) is 36.7 Å². The Labute approximate surface area is 213 Å². The van der Waals surface area contributed by atoms with Crippen molar-refractivity contribution in [3.8, 4) is 17.1 Å². The maximum absolute atomic E-state index is 12.9. The average Bonchev–Trinajstić information content (AvgIpc) is 3.59. The second kappa shape index (κ2) is 10.3. The van der Waals surface area contributed by atoms with Crippen molar-refractivity contribution in [3.05, 3.63) is 83.7 Å². The monoisotopic (exact) mass is 498 g/mol. The predicted octanol–water partition coefficient (Wildman–Crippen LogP) is 4.57. The standard InChI is InChI=1S/C27H26N6O2S/c1-17-9-12-23(18(2)14-17)33-25(19-6-5-13-28-15-19)31-32-27(33)36-16-24(34)30-22-8-4-3-7-21(22)26(35)29-20-10-11-20/h3-9,12-15,20H,10-11,16H2,1-2H3,(H,29,35)(H,30,34). The summed E-state index contributed by atoms with van der Waals surface area (Å²) in [4.78, 5) is 29.7. The zero-order chi connectivity index (χ0) is 25.1. The largest absolute Gasteiger partial charge is 0.349 e. The quantitative estimate of drug-likeness (QED) is 0.345. The number of aromatic nitrogens is 4. The van der Waals surface area contributed by atoms with Gasteiger partial charge < -0.3 is 10.6 Å². The number of carbonyl (C=O) groups excluding carboxylic acids is 2. The predicted molar refractivity (Wildman–Crippen MR) is 140 cm³/mol. The number of carbonyl (C=O) groups is 2. The van der Waals surface area contributed by atoms with Gasteiger partial charge in [-0.3, -0.25) is 19.1 Å². The van der Waals surface area contributed by atoms with Gasteiger partial charge >= 0.3 is 0 Å². The highest BCUT2D eigenvalue weighted by Gasteiger charge is 2.25. The van der Waals surface area contributed by atoms with E-state index in [4.69, 9.17) is 0 Å². The molecular weight excluding hydrogens is 472 g/mol. The molecule has 4 aromatic rings. The first-order valence-electron chi connectivity index (χ1n) is 11.8. The van der Waals surface area contributed by atoms with E-state index < -0.39 is 0 Å². The molecule has 2 aromatic heterocycles. The zero-order valence-corrected chi connectivity index (χ0v) is 20.9. The van der Waals surface area contributed by atoms with Gasteiger partial charge in [-0.15, -0.1) is 10.2 Å². The molecule has 0 radical (unpaired) electrons. The summed E-state index contributed by atoms with van der Waals surface area (Å²) in [5, 5.41) is 15.3. The number of amides is 2. The topological polar surface area (TPSA) is 102 Å². The van der Waals surface area contributed by atoms with Crippen LogP contribution in [0.2, 0.25) is 0 Å². The first-order chi connectivity index (χ1) is 17.5. The van der Waals surface area contributed by atoms with E-state index in [2.05, 4.69) is 31.9 Å². The smallest absolute Gasteiger partial charge is 0.253 e. The van der Waals surface area contributed by atoms with Crippen LogP contribution in [0.5, 0.6) is 0 Å². The highest BCUT2D eigenvalue weighted by molar-refractivity contribution is 7.99. The van der Waals surface area contributed by atoms with E-state index in [-0.39, 0.29) is 23.6 Å². The minimum absolute atomic E-state index is 0.106. The van der Waals surface area contributed by atoms with Gasteiger partial charge in [0.05, 0.1) is 22.7 Å². The molecule has 0 atom stereocenters. The molecule has 36 heavy (non-hydrogen) atoms. The summed E-state index contributed by atoms with van der Waals surface area (Å²) in [5.41, 5.74) is 4.95. The van der Waals surface area contributed by atoms with E-state index in [0.29, 0.717) is 22.2 Å². The lowest BCUT2D eigenvalue weighted by atomic mass is 10.1. The lowest BCUT2D eigenvalue weighted by Gasteiger charge is -2.14. The van der Waals surface area contributed by atoms with Crippen molar-refractivity contribution in [1.82, 2.24) is 25.1 Å². The molecule has 9 heteroatoms. The number of rotatable bonds is 8. The number of nitrogens with one attached hydrogen (secondary N) is 2. The molecule has 0 aliphatic heterocycles. The molecule has 2 amide bonds. The van der Waals surface area contributed by atoms with E-state index in [1.807, 2.05) is 42.7 Å². The number of nitrogens with zero attached hydrogens (tertiary/aromatic N) is 4. The Morgan fingerprint density at radius 1 is 1.06 bits per heavy atom. The molecule has 1 aliphatic carbocycles. The number of anilines is 1. The number of para-hydroxylation sites is 1. The average molecular weight is 499 g/mol. The fraction of sp³-hybridized carbons (Fsp3) is 0.222. The van der Waals surface area contributed by atoms with Crippen LogP contribution in [0.15, 0.2) is 72.1 Å². The van der Waals surface area contributed by atoms with Crippen LogP contribution in [0.25, 0.3) is 17.1 Å². The summed E-state index contributed by atoms with van der Waals surface area (Å²) in [5.74, 6) is 0.357. The molecule has 2 aromatic carbocycles. The van der Waals surface area contributed by atoms with Crippen molar-refractivity contribution in [2.24, 2.45) is 0 Å². The van der Waals surface area contributed by atoms with Crippen molar-refractivity contribution >= 4 is 29.3 Å². The van der Waals surface area contributed by atoms with Crippen molar-refractivity contribution in [2.75, 3.05) is 11.1 Å². The molecule has 0 spiro atoms. The molecule has 5 rings (SSSR count). The highest BCUT2D eigenvalue weighted by atomic mass is 32.2. The van der Waals surface area contributed by atoms with Gasteiger partial charge in [0.2, 0.25) is 5.91 Å². The molecule has 0 bridgehead atoms. The van der Waals surface area contributed by atoms with E-state index in [0.717, 1.165) is 35.2 Å². The molecule has 1 fully saturated rings. The minimum atomic E-state index is -0.232. The first kappa shape index (κ1) is 23.7. The summed E-state index contributed by atoms with van der Waals surface area (Å²) in [6, 6.07) is 17.3. The lowest BCUT2D eigenvalue weighted by molar-refractivity contribution is -0.113. The minimum Gasteiger partial charge on any atom is -0.349 e. The first-order valence-corrected chi connectivity index (χ1v) is 12.7. The zero-order valence-electron chi connectivity index (χ0n) is 20.1. The third-order valence-corrected chi connectivity index (χ3v) is 6.77. The number of aryl methyl sites for hydroxylation is 2. The van der Waals surface area contributed by atoms with Crippen molar-refractivity contribution < 1.29 is 9.59 Å².